The molecule has 0 saturated carbocycles. The van der Waals surface area contributed by atoms with Crippen LogP contribution in [0.2, 0.25) is 0 Å². The summed E-state index contributed by atoms with van der Waals surface area (Å²) < 4.78 is 17.6. The van der Waals surface area contributed by atoms with Gasteiger partial charge < -0.3 is 19.7 Å². The predicted molar refractivity (Wildman–Crippen MR) is 132 cm³/mol. The van der Waals surface area contributed by atoms with Crippen molar-refractivity contribution >= 4 is 22.6 Å². The molecule has 0 aliphatic carbocycles. The molecule has 2 N–H and O–H groups in total. The van der Waals surface area contributed by atoms with Gasteiger partial charge in [-0.25, -0.2) is 9.18 Å². The number of halogens is 1. The average molecular weight is 473 g/mol. The molecule has 1 fully saturated rings. The number of carbonyl (C=O) groups is 1. The number of anilines is 1. The Morgan fingerprint density at radius 3 is 2.50 bits per heavy atom. The van der Waals surface area contributed by atoms with Crippen LogP contribution in [-0.4, -0.2) is 39.9 Å². The third-order valence-electron chi connectivity index (χ3n) is 8.11. The Bertz CT molecular complexity index is 1130. The van der Waals surface area contributed by atoms with E-state index in [-0.39, 0.29) is 22.4 Å². The highest BCUT2D eigenvalue weighted by Gasteiger charge is 2.43. The van der Waals surface area contributed by atoms with E-state index in [1.165, 1.54) is 12.3 Å². The van der Waals surface area contributed by atoms with Crippen LogP contribution in [0.15, 0.2) is 17.1 Å². The number of hydrogen-bond donors (Lipinski definition) is 2. The monoisotopic (exact) mass is 472 g/mol. The normalized spacial score (nSPS) is 21.7. The van der Waals surface area contributed by atoms with Crippen molar-refractivity contribution in [3.05, 3.63) is 39.4 Å². The number of aromatic carboxylic acids is 1. The zero-order chi connectivity index (χ0) is 24.6. The molecule has 1 saturated heterocycles. The minimum Gasteiger partial charge on any atom is -0.477 e. The highest BCUT2D eigenvalue weighted by molar-refractivity contribution is 5.95. The van der Waals surface area contributed by atoms with E-state index in [0.717, 1.165) is 50.5 Å². The summed E-state index contributed by atoms with van der Waals surface area (Å²) in [5.41, 5.74) is 0.752. The lowest BCUT2D eigenvalue weighted by Gasteiger charge is -2.48. The number of carboxylic acid groups (broad SMARTS) is 1. The van der Waals surface area contributed by atoms with Gasteiger partial charge in [0.05, 0.1) is 17.3 Å². The number of rotatable bonds is 8. The molecule has 0 amide bonds. The van der Waals surface area contributed by atoms with Gasteiger partial charge >= 0.3 is 5.97 Å². The van der Waals surface area contributed by atoms with E-state index in [9.17, 15) is 19.8 Å². The standard InChI is InChI=1S/C27H37FN2O4/c1-4-6-11-27(12-7-5-2)16-29(13-10-22(27)31)24-18-9-8-17(3)30-15-20(26(33)34)25(32)19(23(18)30)14-21(24)28/h14-15,17,22,31H,4-13,16H2,1-3H3,(H,33,34)/t17-,22?/m0/s1. The molecule has 1 aromatic heterocycles. The van der Waals surface area contributed by atoms with Gasteiger partial charge in [0.25, 0.3) is 0 Å². The summed E-state index contributed by atoms with van der Waals surface area (Å²) in [7, 11) is 0. The van der Waals surface area contributed by atoms with E-state index < -0.39 is 23.3 Å². The van der Waals surface area contributed by atoms with Crippen LogP contribution in [0.5, 0.6) is 0 Å². The van der Waals surface area contributed by atoms with Gasteiger partial charge in [0.2, 0.25) is 5.43 Å². The van der Waals surface area contributed by atoms with Crippen molar-refractivity contribution < 1.29 is 19.4 Å². The quantitative estimate of drug-likeness (QED) is 0.546. The van der Waals surface area contributed by atoms with E-state index in [0.29, 0.717) is 37.1 Å². The summed E-state index contributed by atoms with van der Waals surface area (Å²) in [4.78, 5) is 26.7. The zero-order valence-corrected chi connectivity index (χ0v) is 20.6. The molecule has 7 heteroatoms. The molecule has 0 spiro atoms. The fraction of sp³-hybridized carbons (Fsp3) is 0.630. The SMILES string of the molecule is CCCCC1(CCCC)CN(c2c(F)cc3c(=O)c(C(=O)O)cn4c3c2CC[C@@H]4C)CCC1O. The topological polar surface area (TPSA) is 82.8 Å². The minimum absolute atomic E-state index is 0.0170. The first-order chi connectivity index (χ1) is 16.2. The Morgan fingerprint density at radius 1 is 1.21 bits per heavy atom. The summed E-state index contributed by atoms with van der Waals surface area (Å²) in [5.74, 6) is -1.76. The molecule has 0 radical (unpaired) electrons. The molecule has 2 aliphatic rings. The van der Waals surface area contributed by atoms with E-state index >= 15 is 4.39 Å². The first kappa shape index (κ1) is 24.7. The number of piperidine rings is 1. The molecular weight excluding hydrogens is 435 g/mol. The Labute approximate surface area is 200 Å². The molecular formula is C27H37FN2O4. The number of unbranched alkanes of at least 4 members (excludes halogenated alkanes) is 2. The Balaban J connectivity index is 1.87. The van der Waals surface area contributed by atoms with Crippen LogP contribution in [0.4, 0.5) is 10.1 Å². The predicted octanol–water partition coefficient (Wildman–Crippen LogP) is 5.28. The second-order valence-corrected chi connectivity index (χ2v) is 10.3. The first-order valence-electron chi connectivity index (χ1n) is 12.8. The minimum atomic E-state index is -1.29. The maximum Gasteiger partial charge on any atom is 0.341 e. The number of benzene rings is 1. The molecule has 0 bridgehead atoms. The first-order valence-corrected chi connectivity index (χ1v) is 12.8. The van der Waals surface area contributed by atoms with Crippen LogP contribution in [0, 0.1) is 11.2 Å². The number of nitrogens with zero attached hydrogens (tertiary/aromatic N) is 2. The molecule has 186 valence electrons. The van der Waals surface area contributed by atoms with Gasteiger partial charge in [0, 0.05) is 41.7 Å². The number of carboxylic acids is 1. The molecule has 1 unspecified atom stereocenters. The van der Waals surface area contributed by atoms with Crippen molar-refractivity contribution in [2.75, 3.05) is 18.0 Å². The van der Waals surface area contributed by atoms with Gasteiger partial charge in [-0.05, 0) is 45.1 Å². The smallest absolute Gasteiger partial charge is 0.341 e. The summed E-state index contributed by atoms with van der Waals surface area (Å²) >= 11 is 0. The lowest BCUT2D eigenvalue weighted by Crippen LogP contribution is -2.52. The summed E-state index contributed by atoms with van der Waals surface area (Å²) in [5, 5.41) is 20.8. The maximum absolute atomic E-state index is 15.8. The van der Waals surface area contributed by atoms with Crippen molar-refractivity contribution in [2.45, 2.75) is 90.7 Å². The van der Waals surface area contributed by atoms with Crippen LogP contribution >= 0.6 is 0 Å². The van der Waals surface area contributed by atoms with Crippen LogP contribution in [0.1, 0.15) is 94.1 Å². The third-order valence-corrected chi connectivity index (χ3v) is 8.11. The second kappa shape index (κ2) is 9.68. The van der Waals surface area contributed by atoms with Crippen LogP contribution in [0.3, 0.4) is 0 Å². The molecule has 6 nitrogen and oxygen atoms in total. The number of aliphatic hydroxyl groups is 1. The van der Waals surface area contributed by atoms with Gasteiger partial charge in [-0.2, -0.15) is 0 Å². The van der Waals surface area contributed by atoms with Gasteiger partial charge in [-0.3, -0.25) is 4.79 Å². The van der Waals surface area contributed by atoms with E-state index in [1.807, 2.05) is 11.5 Å². The van der Waals surface area contributed by atoms with Gasteiger partial charge in [-0.15, -0.1) is 0 Å². The van der Waals surface area contributed by atoms with Crippen molar-refractivity contribution in [1.82, 2.24) is 4.57 Å². The van der Waals surface area contributed by atoms with Gasteiger partial charge in [0.1, 0.15) is 11.4 Å². The maximum atomic E-state index is 15.8. The van der Waals surface area contributed by atoms with Crippen LogP contribution < -0.4 is 10.3 Å². The molecule has 2 aliphatic heterocycles. The van der Waals surface area contributed by atoms with E-state index in [1.54, 1.807) is 0 Å². The average Bonchev–Trinajstić information content (AvgIpc) is 2.81. The summed E-state index contributed by atoms with van der Waals surface area (Å²) in [6.45, 7) is 7.46. The molecule has 2 atom stereocenters. The largest absolute Gasteiger partial charge is 0.477 e. The van der Waals surface area contributed by atoms with Crippen molar-refractivity contribution in [2.24, 2.45) is 5.41 Å². The molecule has 4 rings (SSSR count). The third kappa shape index (κ3) is 4.12. The molecule has 34 heavy (non-hydrogen) atoms. The second-order valence-electron chi connectivity index (χ2n) is 10.3. The summed E-state index contributed by atoms with van der Waals surface area (Å²) in [6, 6.07) is 1.26. The van der Waals surface area contributed by atoms with Crippen molar-refractivity contribution in [1.29, 1.82) is 0 Å². The number of aliphatic hydroxyl groups excluding tert-OH is 1. The number of aryl methyl sites for hydroxylation is 1. The number of hydrogen-bond acceptors (Lipinski definition) is 4. The highest BCUT2D eigenvalue weighted by atomic mass is 19.1. The Kier molecular flexibility index (Phi) is 7.04. The van der Waals surface area contributed by atoms with E-state index in [4.69, 9.17) is 0 Å². The van der Waals surface area contributed by atoms with Crippen molar-refractivity contribution in [3.8, 4) is 0 Å². The Morgan fingerprint density at radius 2 is 1.88 bits per heavy atom. The Hall–Kier alpha value is -2.41. The van der Waals surface area contributed by atoms with Crippen LogP contribution in [0.25, 0.3) is 10.9 Å². The molecule has 3 heterocycles. The highest BCUT2D eigenvalue weighted by Crippen LogP contribution is 2.45. The van der Waals surface area contributed by atoms with Crippen molar-refractivity contribution in [3.63, 3.8) is 0 Å². The lowest BCUT2D eigenvalue weighted by atomic mass is 9.70. The number of pyridine rings is 1. The zero-order valence-electron chi connectivity index (χ0n) is 20.6. The van der Waals surface area contributed by atoms with E-state index in [2.05, 4.69) is 18.7 Å². The van der Waals surface area contributed by atoms with Gasteiger partial charge in [-0.1, -0.05) is 39.5 Å². The van der Waals surface area contributed by atoms with Gasteiger partial charge in [0.15, 0.2) is 0 Å². The fourth-order valence-corrected chi connectivity index (χ4v) is 6.14. The number of aromatic nitrogens is 1. The fourth-order valence-electron chi connectivity index (χ4n) is 6.14. The summed E-state index contributed by atoms with van der Waals surface area (Å²) in [6.07, 6.45) is 8.95. The van der Waals surface area contributed by atoms with Crippen LogP contribution in [-0.2, 0) is 6.42 Å². The molecule has 2 aromatic rings. The molecule has 1 aromatic carbocycles. The lowest BCUT2D eigenvalue weighted by molar-refractivity contribution is -0.00696.